The van der Waals surface area contributed by atoms with E-state index in [9.17, 15) is 14.4 Å². The molecule has 5 aromatic rings. The molecule has 0 aliphatic carbocycles. The van der Waals surface area contributed by atoms with Crippen LogP contribution in [-0.2, 0) is 51.5 Å². The summed E-state index contributed by atoms with van der Waals surface area (Å²) in [6.45, 7) is 8.69. The fraction of sp³-hybridized carbons (Fsp3) is 0.421. The summed E-state index contributed by atoms with van der Waals surface area (Å²) in [5, 5.41) is 0. The molecule has 70 heavy (non-hydrogen) atoms. The highest BCUT2D eigenvalue weighted by atomic mass is 16.5. The van der Waals surface area contributed by atoms with Gasteiger partial charge in [0, 0.05) is 81.4 Å². The van der Waals surface area contributed by atoms with Crippen LogP contribution in [0.5, 0.6) is 17.2 Å². The molecule has 0 fully saturated rings. The Labute approximate surface area is 412 Å². The summed E-state index contributed by atoms with van der Waals surface area (Å²) in [7, 11) is 5.27. The molecule has 0 N–H and O–H groups in total. The average Bonchev–Trinajstić information content (AvgIpc) is 3.87. The number of carbonyl (C=O) groups excluding carboxylic acids is 3. The minimum absolute atomic E-state index is 0.0108. The molecule has 5 aromatic carbocycles. The molecule has 0 unspecified atom stereocenters. The third-order valence-corrected chi connectivity index (χ3v) is 14.1. The van der Waals surface area contributed by atoms with Crippen molar-refractivity contribution < 1.29 is 42.8 Å². The zero-order valence-corrected chi connectivity index (χ0v) is 41.3. The third kappa shape index (κ3) is 10.5. The summed E-state index contributed by atoms with van der Waals surface area (Å²) in [6.07, 6.45) is 5.01. The molecule has 13 nitrogen and oxygen atoms in total. The summed E-state index contributed by atoms with van der Waals surface area (Å²) < 4.78 is 36.1. The SMILES string of the molecule is CCC(=O)CCCN(CCOCCOCCOC)c1cc(COc2cc3c(cc2C)C(=O)N2c4ccccc4C[C@H]2CC3)cc(COc2cc3c(cc2OC)C(=O)N2c4ccccc4C[C@H]2CN3C)c1. The van der Waals surface area contributed by atoms with E-state index in [0.29, 0.717) is 89.0 Å². The van der Waals surface area contributed by atoms with Gasteiger partial charge in [0.25, 0.3) is 11.8 Å². The number of aryl methyl sites for hydroxylation is 2. The predicted molar refractivity (Wildman–Crippen MR) is 273 cm³/mol. The maximum absolute atomic E-state index is 14.3. The molecule has 2 amide bonds. The Hall–Kier alpha value is -6.41. The first-order valence-electron chi connectivity index (χ1n) is 24.8. The molecule has 9 rings (SSSR count). The second-order valence-corrected chi connectivity index (χ2v) is 18.8. The van der Waals surface area contributed by atoms with Crippen LogP contribution in [0.1, 0.15) is 86.7 Å². The summed E-state index contributed by atoms with van der Waals surface area (Å²) >= 11 is 0. The van der Waals surface area contributed by atoms with Crippen molar-refractivity contribution >= 4 is 40.3 Å². The van der Waals surface area contributed by atoms with Gasteiger partial charge in [0.1, 0.15) is 24.7 Å². The third-order valence-electron chi connectivity index (χ3n) is 14.1. The van der Waals surface area contributed by atoms with Crippen LogP contribution in [0.3, 0.4) is 0 Å². The molecule has 4 aliphatic rings. The van der Waals surface area contributed by atoms with Crippen molar-refractivity contribution in [2.45, 2.75) is 84.1 Å². The number of Topliss-reactive ketones (excluding diaryl/α,β-unsaturated/α-hetero) is 1. The van der Waals surface area contributed by atoms with Gasteiger partial charge in [-0.25, -0.2) is 0 Å². The second-order valence-electron chi connectivity index (χ2n) is 18.8. The molecule has 4 heterocycles. The van der Waals surface area contributed by atoms with Gasteiger partial charge in [0.15, 0.2) is 11.5 Å². The van der Waals surface area contributed by atoms with E-state index < -0.39 is 0 Å². The molecule has 0 saturated heterocycles. The topological polar surface area (TPSA) is 120 Å². The smallest absolute Gasteiger partial charge is 0.260 e. The Morgan fingerprint density at radius 3 is 2.01 bits per heavy atom. The molecule has 0 saturated carbocycles. The lowest BCUT2D eigenvalue weighted by molar-refractivity contribution is -0.118. The molecule has 0 radical (unpaired) electrons. The van der Waals surface area contributed by atoms with Gasteiger partial charge in [-0.05, 0) is 121 Å². The van der Waals surface area contributed by atoms with E-state index in [4.69, 9.17) is 28.4 Å². The lowest BCUT2D eigenvalue weighted by Crippen LogP contribution is -2.41. The highest BCUT2D eigenvalue weighted by Gasteiger charge is 2.40. The molecular formula is C57H66N4O9. The zero-order valence-electron chi connectivity index (χ0n) is 41.3. The number of nitrogens with zero attached hydrogens (tertiary/aromatic N) is 4. The maximum atomic E-state index is 14.3. The lowest BCUT2D eigenvalue weighted by Gasteiger charge is -2.26. The normalized spacial score (nSPS) is 16.7. The maximum Gasteiger partial charge on any atom is 0.260 e. The van der Waals surface area contributed by atoms with Crippen LogP contribution in [0.15, 0.2) is 91.0 Å². The van der Waals surface area contributed by atoms with Crippen molar-refractivity contribution in [3.05, 3.63) is 136 Å². The molecule has 2 atom stereocenters. The minimum Gasteiger partial charge on any atom is -0.493 e. The minimum atomic E-state index is -0.0535. The summed E-state index contributed by atoms with van der Waals surface area (Å²) in [5.74, 6) is 1.97. The molecule has 368 valence electrons. The van der Waals surface area contributed by atoms with Crippen LogP contribution < -0.4 is 33.8 Å². The monoisotopic (exact) mass is 950 g/mol. The largest absolute Gasteiger partial charge is 0.493 e. The highest BCUT2D eigenvalue weighted by Crippen LogP contribution is 2.43. The molecule has 0 aromatic heterocycles. The number of anilines is 4. The van der Waals surface area contributed by atoms with Crippen LogP contribution in [0.2, 0.25) is 0 Å². The Morgan fingerprint density at radius 2 is 1.31 bits per heavy atom. The van der Waals surface area contributed by atoms with E-state index in [2.05, 4.69) is 52.3 Å². The van der Waals surface area contributed by atoms with Crippen molar-refractivity contribution in [1.82, 2.24) is 0 Å². The van der Waals surface area contributed by atoms with Gasteiger partial charge in [0.05, 0.1) is 57.4 Å². The zero-order chi connectivity index (χ0) is 48.7. The van der Waals surface area contributed by atoms with Gasteiger partial charge in [-0.2, -0.15) is 0 Å². The van der Waals surface area contributed by atoms with Gasteiger partial charge < -0.3 is 48.0 Å². The number of ketones is 1. The van der Waals surface area contributed by atoms with Gasteiger partial charge in [-0.15, -0.1) is 0 Å². The number of fused-ring (bicyclic) bond motifs is 8. The first kappa shape index (κ1) is 48.6. The lowest BCUT2D eigenvalue weighted by atomic mass is 9.98. The quantitative estimate of drug-likeness (QED) is 0.0619. The number of amides is 2. The molecular weight excluding hydrogens is 885 g/mol. The number of para-hydroxylation sites is 2. The number of ether oxygens (including phenoxy) is 6. The Bertz CT molecular complexity index is 2700. The predicted octanol–water partition coefficient (Wildman–Crippen LogP) is 8.95. The highest BCUT2D eigenvalue weighted by molar-refractivity contribution is 6.12. The number of rotatable bonds is 22. The standard InChI is InChI=1S/C57H66N4O9/c1-6-47(62)14-11-19-59(20-21-67-24-25-68-23-22-65-4)45-28-39(36-69-53-32-41-17-18-44-30-42-12-7-9-15-50(42)60(44)56(63)48(41)26-38(53)2)27-40(29-45)37-70-55-34-52-49(33-54(55)66-5)57(64)61-46(35-58(52)3)31-43-13-8-10-16-51(43)61/h7-10,12-13,15-16,26-29,32-34,44,46H,6,11,14,17-25,30-31,35-37H2,1-5H3/t44-,46+/m1/s1. The summed E-state index contributed by atoms with van der Waals surface area (Å²) in [4.78, 5) is 49.3. The Balaban J connectivity index is 0.984. The fourth-order valence-electron chi connectivity index (χ4n) is 10.5. The average molecular weight is 951 g/mol. The molecule has 13 heteroatoms. The number of benzene rings is 5. The van der Waals surface area contributed by atoms with Crippen LogP contribution in [0, 0.1) is 6.92 Å². The van der Waals surface area contributed by atoms with Gasteiger partial charge in [-0.1, -0.05) is 43.3 Å². The van der Waals surface area contributed by atoms with Gasteiger partial charge in [-0.3, -0.25) is 14.4 Å². The Kier molecular flexibility index (Phi) is 15.4. The van der Waals surface area contributed by atoms with Crippen LogP contribution in [-0.4, -0.2) is 104 Å². The van der Waals surface area contributed by atoms with E-state index in [1.165, 1.54) is 11.1 Å². The van der Waals surface area contributed by atoms with Crippen molar-refractivity contribution in [2.75, 3.05) is 93.5 Å². The summed E-state index contributed by atoms with van der Waals surface area (Å²) in [6, 6.07) is 30.7. The van der Waals surface area contributed by atoms with Crippen molar-refractivity contribution in [3.8, 4) is 17.2 Å². The van der Waals surface area contributed by atoms with Crippen molar-refractivity contribution in [3.63, 3.8) is 0 Å². The van der Waals surface area contributed by atoms with Crippen LogP contribution in [0.4, 0.5) is 22.7 Å². The van der Waals surface area contributed by atoms with Crippen molar-refractivity contribution in [2.24, 2.45) is 0 Å². The van der Waals surface area contributed by atoms with Crippen molar-refractivity contribution in [1.29, 1.82) is 0 Å². The molecule has 0 bridgehead atoms. The fourth-order valence-corrected chi connectivity index (χ4v) is 10.5. The second kappa shape index (κ2) is 22.1. The van der Waals surface area contributed by atoms with Gasteiger partial charge >= 0.3 is 0 Å². The summed E-state index contributed by atoms with van der Waals surface area (Å²) in [5.41, 5.74) is 11.2. The number of hydrogen-bond acceptors (Lipinski definition) is 11. The number of methoxy groups -OCH3 is 2. The van der Waals surface area contributed by atoms with E-state index in [0.717, 1.165) is 82.0 Å². The number of likely N-dealkylation sites (N-methyl/N-ethyl adjacent to an activating group) is 1. The first-order valence-corrected chi connectivity index (χ1v) is 24.8. The van der Waals surface area contributed by atoms with Crippen LogP contribution in [0.25, 0.3) is 0 Å². The van der Waals surface area contributed by atoms with Crippen LogP contribution >= 0.6 is 0 Å². The number of hydrogen-bond donors (Lipinski definition) is 0. The first-order chi connectivity index (χ1) is 34.1. The molecule has 0 spiro atoms. The number of carbonyl (C=O) groups is 3. The molecule has 4 aliphatic heterocycles. The van der Waals surface area contributed by atoms with E-state index in [-0.39, 0.29) is 42.9 Å². The van der Waals surface area contributed by atoms with E-state index in [1.807, 2.05) is 79.2 Å². The Morgan fingerprint density at radius 1 is 0.671 bits per heavy atom. The van der Waals surface area contributed by atoms with E-state index >= 15 is 0 Å². The van der Waals surface area contributed by atoms with E-state index in [1.54, 1.807) is 14.2 Å². The van der Waals surface area contributed by atoms with Gasteiger partial charge in [0.2, 0.25) is 0 Å².